The molecule has 0 aromatic rings. The number of esters is 1. The molecule has 4 atom stereocenters. The van der Waals surface area contributed by atoms with Gasteiger partial charge < -0.3 is 15.0 Å². The molecule has 4 amide bonds. The summed E-state index contributed by atoms with van der Waals surface area (Å²) in [5.41, 5.74) is 0. The largest absolute Gasteiger partial charge is 0.455 e. The molecule has 8 heteroatoms. The Kier molecular flexibility index (Phi) is 6.39. The van der Waals surface area contributed by atoms with E-state index in [1.807, 2.05) is 10.2 Å². The summed E-state index contributed by atoms with van der Waals surface area (Å²) < 4.78 is 4.96. The maximum atomic E-state index is 12.3. The van der Waals surface area contributed by atoms with Gasteiger partial charge in [0.25, 0.3) is 5.91 Å². The fourth-order valence-corrected chi connectivity index (χ4v) is 3.68. The lowest BCUT2D eigenvalue weighted by molar-refractivity contribution is -0.152. The Bertz CT molecular complexity index is 550. The lowest BCUT2D eigenvalue weighted by Crippen LogP contribution is -2.45. The molecule has 25 heavy (non-hydrogen) atoms. The zero-order chi connectivity index (χ0) is 18.6. The van der Waals surface area contributed by atoms with E-state index < -0.39 is 30.4 Å². The van der Waals surface area contributed by atoms with Crippen molar-refractivity contribution in [3.05, 3.63) is 0 Å². The number of hydrogen-bond donors (Lipinski definition) is 2. The summed E-state index contributed by atoms with van der Waals surface area (Å²) in [4.78, 5) is 48.8. The van der Waals surface area contributed by atoms with E-state index in [2.05, 4.69) is 19.2 Å². The lowest BCUT2D eigenvalue weighted by atomic mass is 9.77. The van der Waals surface area contributed by atoms with Gasteiger partial charge >= 0.3 is 12.0 Å². The van der Waals surface area contributed by atoms with Crippen molar-refractivity contribution in [2.75, 3.05) is 20.2 Å². The number of imide groups is 1. The first-order valence-corrected chi connectivity index (χ1v) is 8.81. The number of carbonyl (C=O) groups excluding carboxylic acids is 4. The highest BCUT2D eigenvalue weighted by atomic mass is 16.5. The van der Waals surface area contributed by atoms with Crippen LogP contribution in [0.5, 0.6) is 0 Å². The molecule has 0 aromatic carbocycles. The molecular weight excluding hydrogens is 326 g/mol. The van der Waals surface area contributed by atoms with E-state index in [0.717, 1.165) is 12.8 Å². The van der Waals surface area contributed by atoms with Crippen molar-refractivity contribution in [3.63, 3.8) is 0 Å². The highest BCUT2D eigenvalue weighted by Crippen LogP contribution is 2.35. The van der Waals surface area contributed by atoms with E-state index in [0.29, 0.717) is 18.4 Å². The molecule has 8 nitrogen and oxygen atoms in total. The zero-order valence-electron chi connectivity index (χ0n) is 15.0. The monoisotopic (exact) mass is 353 g/mol. The van der Waals surface area contributed by atoms with Gasteiger partial charge in [-0.15, -0.1) is 0 Å². The second kappa shape index (κ2) is 8.31. The maximum Gasteiger partial charge on any atom is 0.321 e. The molecule has 2 fully saturated rings. The molecule has 1 heterocycles. The van der Waals surface area contributed by atoms with Crippen molar-refractivity contribution in [3.8, 4) is 0 Å². The summed E-state index contributed by atoms with van der Waals surface area (Å²) in [7, 11) is 1.38. The normalized spacial score (nSPS) is 29.2. The van der Waals surface area contributed by atoms with Gasteiger partial charge in [0.05, 0.1) is 5.92 Å². The third-order valence-corrected chi connectivity index (χ3v) is 5.38. The van der Waals surface area contributed by atoms with Gasteiger partial charge in [0.2, 0.25) is 5.91 Å². The minimum Gasteiger partial charge on any atom is -0.455 e. The number of nitrogens with one attached hydrogen (secondary N) is 2. The SMILES string of the molecule is CNC(=O)NC(=O)COC(=O)[C@@H]1CC(=O)N([C@@H]2CCC[C@H](C)[C@H]2C)C1. The molecular formula is C17H27N3O5. The van der Waals surface area contributed by atoms with Crippen molar-refractivity contribution in [1.29, 1.82) is 0 Å². The van der Waals surface area contributed by atoms with E-state index in [9.17, 15) is 19.2 Å². The second-order valence-corrected chi connectivity index (χ2v) is 7.02. The fourth-order valence-electron chi connectivity index (χ4n) is 3.68. The van der Waals surface area contributed by atoms with E-state index in [1.54, 1.807) is 0 Å². The highest BCUT2D eigenvalue weighted by Gasteiger charge is 2.42. The van der Waals surface area contributed by atoms with Crippen LogP contribution < -0.4 is 10.6 Å². The Morgan fingerprint density at radius 3 is 2.64 bits per heavy atom. The molecule has 0 spiro atoms. The van der Waals surface area contributed by atoms with Gasteiger partial charge in [0, 0.05) is 26.1 Å². The first-order chi connectivity index (χ1) is 11.8. The Labute approximate surface area is 147 Å². The van der Waals surface area contributed by atoms with Crippen LogP contribution in [0.25, 0.3) is 0 Å². The van der Waals surface area contributed by atoms with Gasteiger partial charge in [-0.3, -0.25) is 19.7 Å². The van der Waals surface area contributed by atoms with Crippen LogP contribution in [0.4, 0.5) is 4.79 Å². The molecule has 0 unspecified atom stereocenters. The van der Waals surface area contributed by atoms with Crippen LogP contribution in [-0.2, 0) is 19.1 Å². The van der Waals surface area contributed by atoms with Crippen LogP contribution in [0.3, 0.4) is 0 Å². The topological polar surface area (TPSA) is 105 Å². The van der Waals surface area contributed by atoms with Crippen molar-refractivity contribution in [2.24, 2.45) is 17.8 Å². The predicted octanol–water partition coefficient (Wildman–Crippen LogP) is 0.658. The molecule has 1 saturated carbocycles. The summed E-state index contributed by atoms with van der Waals surface area (Å²) in [6.45, 7) is 4.18. The number of hydrogen-bond acceptors (Lipinski definition) is 5. The fraction of sp³-hybridized carbons (Fsp3) is 0.765. The van der Waals surface area contributed by atoms with E-state index in [-0.39, 0.29) is 18.4 Å². The first kappa shape index (κ1) is 19.2. The van der Waals surface area contributed by atoms with Gasteiger partial charge in [0.15, 0.2) is 6.61 Å². The highest BCUT2D eigenvalue weighted by molar-refractivity contribution is 5.95. The van der Waals surface area contributed by atoms with Gasteiger partial charge in [-0.25, -0.2) is 4.79 Å². The molecule has 1 aliphatic heterocycles. The Hall–Kier alpha value is -2.12. The molecule has 0 radical (unpaired) electrons. The zero-order valence-corrected chi connectivity index (χ0v) is 15.0. The molecule has 140 valence electrons. The summed E-state index contributed by atoms with van der Waals surface area (Å²) in [6.07, 6.45) is 3.35. The predicted molar refractivity (Wildman–Crippen MR) is 89.3 cm³/mol. The lowest BCUT2D eigenvalue weighted by Gasteiger charge is -2.39. The van der Waals surface area contributed by atoms with Gasteiger partial charge in [-0.1, -0.05) is 26.7 Å². The van der Waals surface area contributed by atoms with Crippen LogP contribution in [0.2, 0.25) is 0 Å². The summed E-state index contributed by atoms with van der Waals surface area (Å²) >= 11 is 0. The molecule has 0 bridgehead atoms. The summed E-state index contributed by atoms with van der Waals surface area (Å²) in [5.74, 6) is -0.882. The van der Waals surface area contributed by atoms with Crippen molar-refractivity contribution in [2.45, 2.75) is 45.6 Å². The third-order valence-electron chi connectivity index (χ3n) is 5.38. The Balaban J connectivity index is 1.85. The van der Waals surface area contributed by atoms with Gasteiger partial charge in [0.1, 0.15) is 0 Å². The quantitative estimate of drug-likeness (QED) is 0.723. The number of rotatable bonds is 4. The summed E-state index contributed by atoms with van der Waals surface area (Å²) in [5, 5.41) is 4.24. The maximum absolute atomic E-state index is 12.3. The second-order valence-electron chi connectivity index (χ2n) is 7.02. The number of amides is 4. The van der Waals surface area contributed by atoms with Crippen LogP contribution in [0, 0.1) is 17.8 Å². The minimum atomic E-state index is -0.705. The number of ether oxygens (including phenoxy) is 1. The number of likely N-dealkylation sites (tertiary alicyclic amines) is 1. The van der Waals surface area contributed by atoms with Crippen molar-refractivity contribution < 1.29 is 23.9 Å². The van der Waals surface area contributed by atoms with Crippen molar-refractivity contribution in [1.82, 2.24) is 15.5 Å². The minimum absolute atomic E-state index is 0.0253. The number of carbonyl (C=O) groups is 4. The molecule has 2 rings (SSSR count). The average molecular weight is 353 g/mol. The van der Waals surface area contributed by atoms with Crippen LogP contribution in [0.15, 0.2) is 0 Å². The van der Waals surface area contributed by atoms with Gasteiger partial charge in [-0.05, 0) is 18.3 Å². The molecule has 1 saturated heterocycles. The van der Waals surface area contributed by atoms with Crippen LogP contribution >= 0.6 is 0 Å². The molecule has 1 aliphatic carbocycles. The Morgan fingerprint density at radius 2 is 1.96 bits per heavy atom. The number of nitrogens with zero attached hydrogens (tertiary/aromatic N) is 1. The first-order valence-electron chi connectivity index (χ1n) is 8.81. The molecule has 0 aromatic heterocycles. The van der Waals surface area contributed by atoms with Crippen molar-refractivity contribution >= 4 is 23.8 Å². The molecule has 2 N–H and O–H groups in total. The van der Waals surface area contributed by atoms with E-state index >= 15 is 0 Å². The number of urea groups is 1. The molecule has 2 aliphatic rings. The van der Waals surface area contributed by atoms with Crippen LogP contribution in [-0.4, -0.2) is 55.0 Å². The van der Waals surface area contributed by atoms with Gasteiger partial charge in [-0.2, -0.15) is 0 Å². The van der Waals surface area contributed by atoms with Crippen LogP contribution in [0.1, 0.15) is 39.5 Å². The van der Waals surface area contributed by atoms with E-state index in [1.165, 1.54) is 13.5 Å². The Morgan fingerprint density at radius 1 is 1.24 bits per heavy atom. The third kappa shape index (κ3) is 4.70. The smallest absolute Gasteiger partial charge is 0.321 e. The average Bonchev–Trinajstić information content (AvgIpc) is 2.96. The summed E-state index contributed by atoms with van der Waals surface area (Å²) in [6, 6.07) is -0.491. The van der Waals surface area contributed by atoms with E-state index in [4.69, 9.17) is 4.74 Å². The standard InChI is InChI=1S/C17H27N3O5/c1-10-5-4-6-13(11(10)2)20-8-12(7-15(20)22)16(23)25-9-14(21)19-17(24)18-3/h10-13H,4-9H2,1-3H3,(H2,18,19,21,24)/t10-,11+,12+,13+/m0/s1.